The molecule has 2 unspecified atom stereocenters. The van der Waals surface area contributed by atoms with Gasteiger partial charge >= 0.3 is 0 Å². The number of rotatable bonds is 7. The van der Waals surface area contributed by atoms with Crippen molar-refractivity contribution >= 4 is 22.4 Å². The summed E-state index contributed by atoms with van der Waals surface area (Å²) in [5.41, 5.74) is 0. The molecule has 0 spiro atoms. The van der Waals surface area contributed by atoms with Gasteiger partial charge < -0.3 is 10.6 Å². The Morgan fingerprint density at radius 1 is 1.26 bits per heavy atom. The Labute approximate surface area is 118 Å². The molecule has 0 aromatic carbocycles. The summed E-state index contributed by atoms with van der Waals surface area (Å²) in [7, 11) is 1.10. The van der Waals surface area contributed by atoms with Crippen LogP contribution in [0.3, 0.4) is 0 Å². The number of anilines is 2. The lowest BCUT2D eigenvalue weighted by Crippen LogP contribution is -2.19. The van der Waals surface area contributed by atoms with Gasteiger partial charge in [-0.3, -0.25) is 4.21 Å². The number of nitrogens with one attached hydrogen (secondary N) is 2. The molecule has 0 aliphatic rings. The molecule has 0 amide bonds. The van der Waals surface area contributed by atoms with Crippen LogP contribution in [0.25, 0.3) is 0 Å². The predicted molar refractivity (Wildman–Crippen MR) is 82.3 cm³/mol. The molecule has 1 heterocycles. The third kappa shape index (κ3) is 5.55. The lowest BCUT2D eigenvalue weighted by molar-refractivity contribution is 0.678. The van der Waals surface area contributed by atoms with E-state index in [2.05, 4.69) is 41.4 Å². The van der Waals surface area contributed by atoms with E-state index in [1.807, 2.05) is 13.1 Å². The van der Waals surface area contributed by atoms with Gasteiger partial charge in [0.1, 0.15) is 17.5 Å². The summed E-state index contributed by atoms with van der Waals surface area (Å²) in [6, 6.07) is 2.13. The fourth-order valence-electron chi connectivity index (χ4n) is 1.59. The SMILES string of the molecule is CNc1cc(NC(C)CCS(C)=O)nc(C(C)C)n1. The average molecular weight is 284 g/mol. The van der Waals surface area contributed by atoms with Gasteiger partial charge in [0.2, 0.25) is 0 Å². The first-order valence-electron chi connectivity index (χ1n) is 6.55. The Morgan fingerprint density at radius 2 is 1.89 bits per heavy atom. The summed E-state index contributed by atoms with van der Waals surface area (Å²) in [5, 5.41) is 6.39. The highest BCUT2D eigenvalue weighted by molar-refractivity contribution is 7.84. The molecule has 0 bridgehead atoms. The summed E-state index contributed by atoms with van der Waals surface area (Å²) < 4.78 is 11.1. The van der Waals surface area contributed by atoms with Crippen molar-refractivity contribution in [3.05, 3.63) is 11.9 Å². The first-order valence-corrected chi connectivity index (χ1v) is 8.28. The van der Waals surface area contributed by atoms with Crippen molar-refractivity contribution in [2.45, 2.75) is 39.2 Å². The molecule has 0 saturated carbocycles. The first kappa shape index (κ1) is 15.9. The summed E-state index contributed by atoms with van der Waals surface area (Å²) in [6.45, 7) is 6.22. The van der Waals surface area contributed by atoms with Gasteiger partial charge in [-0.05, 0) is 13.3 Å². The summed E-state index contributed by atoms with van der Waals surface area (Å²) in [5.74, 6) is 3.44. The van der Waals surface area contributed by atoms with Crippen LogP contribution >= 0.6 is 0 Å². The lowest BCUT2D eigenvalue weighted by Gasteiger charge is -2.16. The van der Waals surface area contributed by atoms with E-state index < -0.39 is 10.8 Å². The van der Waals surface area contributed by atoms with Crippen molar-refractivity contribution in [1.29, 1.82) is 0 Å². The fourth-order valence-corrected chi connectivity index (χ4v) is 2.28. The summed E-state index contributed by atoms with van der Waals surface area (Å²) >= 11 is 0. The molecule has 1 rings (SSSR count). The zero-order valence-corrected chi connectivity index (χ0v) is 13.2. The van der Waals surface area contributed by atoms with Crippen molar-refractivity contribution < 1.29 is 4.21 Å². The molecule has 0 aliphatic carbocycles. The predicted octanol–water partition coefficient (Wildman–Crippen LogP) is 2.21. The number of nitrogens with zero attached hydrogens (tertiary/aromatic N) is 2. The molecule has 0 aliphatic heterocycles. The van der Waals surface area contributed by atoms with Crippen LogP contribution in [0, 0.1) is 0 Å². The topological polar surface area (TPSA) is 66.9 Å². The minimum absolute atomic E-state index is 0.239. The standard InChI is InChI=1S/C13H24N4OS/c1-9(2)13-16-11(14-4)8-12(17-13)15-10(3)6-7-19(5)18/h8-10H,6-7H2,1-5H3,(H2,14,15,16,17). The van der Waals surface area contributed by atoms with Crippen LogP contribution in [0.1, 0.15) is 38.9 Å². The van der Waals surface area contributed by atoms with Crippen LogP contribution in [0.2, 0.25) is 0 Å². The van der Waals surface area contributed by atoms with E-state index in [1.54, 1.807) is 6.26 Å². The van der Waals surface area contributed by atoms with Gasteiger partial charge in [0, 0.05) is 47.9 Å². The zero-order chi connectivity index (χ0) is 14.4. The quantitative estimate of drug-likeness (QED) is 0.803. The number of hydrogen-bond acceptors (Lipinski definition) is 5. The van der Waals surface area contributed by atoms with E-state index in [4.69, 9.17) is 0 Å². The van der Waals surface area contributed by atoms with Gasteiger partial charge in [-0.2, -0.15) is 0 Å². The Hall–Kier alpha value is -1.17. The van der Waals surface area contributed by atoms with E-state index in [1.165, 1.54) is 0 Å². The molecular weight excluding hydrogens is 260 g/mol. The molecule has 0 fully saturated rings. The van der Waals surface area contributed by atoms with Crippen LogP contribution in [-0.4, -0.2) is 39.3 Å². The maximum atomic E-state index is 11.1. The Morgan fingerprint density at radius 3 is 2.42 bits per heavy atom. The Kier molecular flexibility index (Phi) is 6.21. The van der Waals surface area contributed by atoms with Crippen LogP contribution in [0.5, 0.6) is 0 Å². The van der Waals surface area contributed by atoms with Crippen LogP contribution in [0.15, 0.2) is 6.07 Å². The minimum Gasteiger partial charge on any atom is -0.373 e. The molecule has 0 saturated heterocycles. The van der Waals surface area contributed by atoms with Crippen molar-refractivity contribution in [1.82, 2.24) is 9.97 Å². The van der Waals surface area contributed by atoms with Crippen LogP contribution in [0.4, 0.5) is 11.6 Å². The van der Waals surface area contributed by atoms with Gasteiger partial charge in [0.25, 0.3) is 0 Å². The van der Waals surface area contributed by atoms with Crippen LogP contribution < -0.4 is 10.6 Å². The third-order valence-electron chi connectivity index (χ3n) is 2.75. The molecule has 2 N–H and O–H groups in total. The number of aromatic nitrogens is 2. The second-order valence-corrected chi connectivity index (χ2v) is 6.57. The van der Waals surface area contributed by atoms with Gasteiger partial charge in [0.05, 0.1) is 0 Å². The number of hydrogen-bond donors (Lipinski definition) is 2. The van der Waals surface area contributed by atoms with E-state index >= 15 is 0 Å². The van der Waals surface area contributed by atoms with E-state index in [-0.39, 0.29) is 12.0 Å². The maximum absolute atomic E-state index is 11.1. The molecule has 1 aromatic rings. The molecule has 108 valence electrons. The van der Waals surface area contributed by atoms with E-state index in [0.29, 0.717) is 5.75 Å². The summed E-state index contributed by atoms with van der Waals surface area (Å²) in [6.07, 6.45) is 2.59. The first-order chi connectivity index (χ1) is 8.92. The highest BCUT2D eigenvalue weighted by Gasteiger charge is 2.10. The van der Waals surface area contributed by atoms with Gasteiger partial charge in [-0.25, -0.2) is 9.97 Å². The van der Waals surface area contributed by atoms with Gasteiger partial charge in [-0.15, -0.1) is 0 Å². The highest BCUT2D eigenvalue weighted by Crippen LogP contribution is 2.17. The third-order valence-corrected chi connectivity index (χ3v) is 3.56. The summed E-state index contributed by atoms with van der Waals surface area (Å²) in [4.78, 5) is 8.93. The van der Waals surface area contributed by atoms with Crippen molar-refractivity contribution in [3.63, 3.8) is 0 Å². The second-order valence-electron chi connectivity index (χ2n) is 5.01. The van der Waals surface area contributed by atoms with Crippen molar-refractivity contribution in [2.24, 2.45) is 0 Å². The normalized spacial score (nSPS) is 14.2. The molecule has 5 nitrogen and oxygen atoms in total. The highest BCUT2D eigenvalue weighted by atomic mass is 32.2. The zero-order valence-electron chi connectivity index (χ0n) is 12.4. The molecule has 6 heteroatoms. The average Bonchev–Trinajstić information content (AvgIpc) is 2.35. The van der Waals surface area contributed by atoms with E-state index in [0.717, 1.165) is 23.9 Å². The Bertz CT molecular complexity index is 437. The van der Waals surface area contributed by atoms with Crippen LogP contribution in [-0.2, 0) is 10.8 Å². The lowest BCUT2D eigenvalue weighted by atomic mass is 10.2. The largest absolute Gasteiger partial charge is 0.373 e. The van der Waals surface area contributed by atoms with E-state index in [9.17, 15) is 4.21 Å². The molecule has 2 atom stereocenters. The second kappa shape index (κ2) is 7.43. The fraction of sp³-hybridized carbons (Fsp3) is 0.692. The van der Waals surface area contributed by atoms with Gasteiger partial charge in [-0.1, -0.05) is 13.8 Å². The molecular formula is C13H24N4OS. The smallest absolute Gasteiger partial charge is 0.135 e. The maximum Gasteiger partial charge on any atom is 0.135 e. The monoisotopic (exact) mass is 284 g/mol. The minimum atomic E-state index is -0.747. The molecule has 1 aromatic heterocycles. The Balaban J connectivity index is 2.76. The molecule has 19 heavy (non-hydrogen) atoms. The van der Waals surface area contributed by atoms with Crippen molar-refractivity contribution in [2.75, 3.05) is 29.7 Å². The van der Waals surface area contributed by atoms with Crippen molar-refractivity contribution in [3.8, 4) is 0 Å². The van der Waals surface area contributed by atoms with Gasteiger partial charge in [0.15, 0.2) is 0 Å². The molecule has 0 radical (unpaired) electrons.